The Hall–Kier alpha value is -4.15. The monoisotopic (exact) mass is 507 g/mol. The molecular weight excluding hydrogens is 474 g/mol. The van der Waals surface area contributed by atoms with Crippen molar-refractivity contribution in [3.05, 3.63) is 48.5 Å². The maximum Gasteiger partial charge on any atom is 0.410 e. The average Bonchev–Trinajstić information content (AvgIpc) is 2.88. The first-order chi connectivity index (χ1) is 17.8. The molecular formula is C26H33N7O4. The van der Waals surface area contributed by atoms with E-state index in [1.807, 2.05) is 45.0 Å². The zero-order chi connectivity index (χ0) is 26.3. The Morgan fingerprint density at radius 2 is 1.84 bits per heavy atom. The normalized spacial score (nSPS) is 12.5. The highest BCUT2D eigenvalue weighted by Crippen LogP contribution is 2.31. The van der Waals surface area contributed by atoms with Crippen molar-refractivity contribution in [2.45, 2.75) is 32.8 Å². The Kier molecular flexibility index (Phi) is 8.22. The van der Waals surface area contributed by atoms with Crippen molar-refractivity contribution in [1.82, 2.24) is 24.8 Å². The summed E-state index contributed by atoms with van der Waals surface area (Å²) in [6.45, 7) is 8.27. The predicted octanol–water partition coefficient (Wildman–Crippen LogP) is 3.64. The van der Waals surface area contributed by atoms with E-state index in [2.05, 4.69) is 30.6 Å². The lowest BCUT2D eigenvalue weighted by atomic mass is 10.1. The fourth-order valence-electron chi connectivity index (χ4n) is 3.57. The van der Waals surface area contributed by atoms with Crippen molar-refractivity contribution in [2.75, 3.05) is 50.5 Å². The summed E-state index contributed by atoms with van der Waals surface area (Å²) < 4.78 is 16.6. The standard InChI is InChI=1S/C26H33N7O4/c1-26(2,3)37-25(34)33(4)12-11-28-21-6-5-19(16-30-21)20-15-22(32-17-31-20)27-9-7-18-8-10-29-24-23(18)35-13-14-36-24/h5-6,8,10,15-17H,7,9,11-14H2,1-4H3,(H,28,30)(H,27,31,32). The third-order valence-electron chi connectivity index (χ3n) is 5.41. The van der Waals surface area contributed by atoms with Gasteiger partial charge in [0.25, 0.3) is 5.88 Å². The average molecular weight is 508 g/mol. The fraction of sp³-hybridized carbons (Fsp3) is 0.423. The number of nitrogens with one attached hydrogen (secondary N) is 2. The number of amides is 1. The zero-order valence-electron chi connectivity index (χ0n) is 21.7. The van der Waals surface area contributed by atoms with Gasteiger partial charge < -0.3 is 29.7 Å². The maximum atomic E-state index is 12.1. The summed E-state index contributed by atoms with van der Waals surface area (Å²) in [7, 11) is 1.71. The number of nitrogens with zero attached hydrogens (tertiary/aromatic N) is 5. The minimum absolute atomic E-state index is 0.353. The lowest BCUT2D eigenvalue weighted by Gasteiger charge is -2.24. The van der Waals surface area contributed by atoms with Crippen LogP contribution in [0.4, 0.5) is 16.4 Å². The Bertz CT molecular complexity index is 1200. The number of hydrogen-bond donors (Lipinski definition) is 2. The van der Waals surface area contributed by atoms with Crippen LogP contribution in [0, 0.1) is 0 Å². The third kappa shape index (κ3) is 7.42. The van der Waals surface area contributed by atoms with Crippen LogP contribution in [-0.2, 0) is 11.2 Å². The van der Waals surface area contributed by atoms with Crippen molar-refractivity contribution in [3.8, 4) is 22.9 Å². The summed E-state index contributed by atoms with van der Waals surface area (Å²) in [5.41, 5.74) is 2.15. The Balaban J connectivity index is 1.27. The van der Waals surface area contributed by atoms with Crippen molar-refractivity contribution in [2.24, 2.45) is 0 Å². The highest BCUT2D eigenvalue weighted by atomic mass is 16.6. The molecule has 4 rings (SSSR count). The molecule has 0 atom stereocenters. The van der Waals surface area contributed by atoms with Crippen LogP contribution in [0.2, 0.25) is 0 Å². The molecule has 4 heterocycles. The van der Waals surface area contributed by atoms with E-state index in [9.17, 15) is 4.79 Å². The van der Waals surface area contributed by atoms with E-state index < -0.39 is 5.60 Å². The van der Waals surface area contributed by atoms with E-state index in [4.69, 9.17) is 14.2 Å². The van der Waals surface area contributed by atoms with Crippen LogP contribution < -0.4 is 20.1 Å². The Morgan fingerprint density at radius 1 is 1.03 bits per heavy atom. The minimum Gasteiger partial charge on any atom is -0.484 e. The van der Waals surface area contributed by atoms with Gasteiger partial charge in [0, 0.05) is 56.3 Å². The van der Waals surface area contributed by atoms with Crippen LogP contribution in [0.1, 0.15) is 26.3 Å². The number of likely N-dealkylation sites (N-methyl/N-ethyl adjacent to an activating group) is 1. The molecule has 3 aromatic heterocycles. The number of hydrogen-bond acceptors (Lipinski definition) is 10. The summed E-state index contributed by atoms with van der Waals surface area (Å²) >= 11 is 0. The molecule has 1 aliphatic rings. The lowest BCUT2D eigenvalue weighted by Crippen LogP contribution is -2.36. The van der Waals surface area contributed by atoms with E-state index >= 15 is 0 Å². The van der Waals surface area contributed by atoms with Crippen LogP contribution in [0.25, 0.3) is 11.3 Å². The largest absolute Gasteiger partial charge is 0.484 e. The van der Waals surface area contributed by atoms with Crippen LogP contribution >= 0.6 is 0 Å². The van der Waals surface area contributed by atoms with E-state index in [1.54, 1.807) is 19.4 Å². The zero-order valence-corrected chi connectivity index (χ0v) is 21.7. The molecule has 2 N–H and O–H groups in total. The molecule has 0 aromatic carbocycles. The van der Waals surface area contributed by atoms with Crippen LogP contribution in [0.15, 0.2) is 43.0 Å². The number of ether oxygens (including phenoxy) is 3. The topological polar surface area (TPSA) is 124 Å². The van der Waals surface area contributed by atoms with Crippen LogP contribution in [0.5, 0.6) is 11.6 Å². The Labute approximate surface area is 216 Å². The molecule has 11 nitrogen and oxygen atoms in total. The van der Waals surface area contributed by atoms with Gasteiger partial charge in [-0.2, -0.15) is 0 Å². The molecule has 37 heavy (non-hydrogen) atoms. The SMILES string of the molecule is CN(CCNc1ccc(-c2cc(NCCc3ccnc4c3OCCO4)ncn2)cn1)C(=O)OC(C)(C)C. The van der Waals surface area contributed by atoms with Gasteiger partial charge in [-0.05, 0) is 45.4 Å². The molecule has 1 aliphatic heterocycles. The van der Waals surface area contributed by atoms with Gasteiger partial charge in [-0.1, -0.05) is 0 Å². The van der Waals surface area contributed by atoms with Crippen molar-refractivity contribution in [1.29, 1.82) is 0 Å². The van der Waals surface area contributed by atoms with Crippen molar-refractivity contribution < 1.29 is 19.0 Å². The fourth-order valence-corrected chi connectivity index (χ4v) is 3.57. The van der Waals surface area contributed by atoms with Gasteiger partial charge in [0.2, 0.25) is 0 Å². The number of pyridine rings is 2. The number of carbonyl (C=O) groups excluding carboxylic acids is 1. The van der Waals surface area contributed by atoms with Gasteiger partial charge >= 0.3 is 6.09 Å². The number of fused-ring (bicyclic) bond motifs is 1. The predicted molar refractivity (Wildman–Crippen MR) is 140 cm³/mol. The summed E-state index contributed by atoms with van der Waals surface area (Å²) in [6, 6.07) is 7.66. The summed E-state index contributed by atoms with van der Waals surface area (Å²) in [5, 5.41) is 6.56. The molecule has 0 saturated heterocycles. The number of anilines is 2. The first-order valence-electron chi connectivity index (χ1n) is 12.2. The molecule has 0 radical (unpaired) electrons. The summed E-state index contributed by atoms with van der Waals surface area (Å²) in [5.74, 6) is 2.70. The number of rotatable bonds is 9. The van der Waals surface area contributed by atoms with Gasteiger partial charge in [0.05, 0.1) is 5.69 Å². The highest BCUT2D eigenvalue weighted by Gasteiger charge is 2.19. The molecule has 11 heteroatoms. The van der Waals surface area contributed by atoms with Crippen molar-refractivity contribution >= 4 is 17.7 Å². The molecule has 0 spiro atoms. The summed E-state index contributed by atoms with van der Waals surface area (Å²) in [6.07, 6.45) is 5.40. The molecule has 1 amide bonds. The van der Waals surface area contributed by atoms with E-state index in [0.29, 0.717) is 44.5 Å². The molecule has 196 valence electrons. The maximum absolute atomic E-state index is 12.1. The third-order valence-corrected chi connectivity index (χ3v) is 5.41. The Morgan fingerprint density at radius 3 is 2.62 bits per heavy atom. The highest BCUT2D eigenvalue weighted by molar-refractivity contribution is 5.67. The smallest absolute Gasteiger partial charge is 0.410 e. The van der Waals surface area contributed by atoms with Crippen LogP contribution in [-0.4, -0.2) is 76.4 Å². The first kappa shape index (κ1) is 25.9. The van der Waals surface area contributed by atoms with Crippen LogP contribution in [0.3, 0.4) is 0 Å². The summed E-state index contributed by atoms with van der Waals surface area (Å²) in [4.78, 5) is 31.0. The number of carbonyl (C=O) groups is 1. The molecule has 0 unspecified atom stereocenters. The van der Waals surface area contributed by atoms with E-state index in [0.717, 1.165) is 34.8 Å². The molecule has 0 bridgehead atoms. The van der Waals surface area contributed by atoms with Crippen molar-refractivity contribution in [3.63, 3.8) is 0 Å². The lowest BCUT2D eigenvalue weighted by molar-refractivity contribution is 0.0305. The first-order valence-corrected chi connectivity index (χ1v) is 12.2. The number of aromatic nitrogens is 4. The quantitative estimate of drug-likeness (QED) is 0.444. The van der Waals surface area contributed by atoms with E-state index in [-0.39, 0.29) is 6.09 Å². The molecule has 3 aromatic rings. The molecule has 0 fully saturated rings. The second-order valence-corrected chi connectivity index (χ2v) is 9.53. The second-order valence-electron chi connectivity index (χ2n) is 9.53. The van der Waals surface area contributed by atoms with Gasteiger partial charge in [-0.3, -0.25) is 0 Å². The van der Waals surface area contributed by atoms with Gasteiger partial charge in [0.15, 0.2) is 5.75 Å². The molecule has 0 saturated carbocycles. The van der Waals surface area contributed by atoms with E-state index in [1.165, 1.54) is 11.2 Å². The van der Waals surface area contributed by atoms with Gasteiger partial charge in [-0.15, -0.1) is 0 Å². The minimum atomic E-state index is -0.518. The molecule has 0 aliphatic carbocycles. The van der Waals surface area contributed by atoms with Gasteiger partial charge in [-0.25, -0.2) is 24.7 Å². The van der Waals surface area contributed by atoms with Gasteiger partial charge in [0.1, 0.15) is 36.8 Å². The second kappa shape index (κ2) is 11.7.